The van der Waals surface area contributed by atoms with Crippen molar-refractivity contribution in [3.05, 3.63) is 89.5 Å². The van der Waals surface area contributed by atoms with Gasteiger partial charge in [-0.2, -0.15) is 8.42 Å². The lowest BCUT2D eigenvalue weighted by molar-refractivity contribution is -0.110. The van der Waals surface area contributed by atoms with Crippen molar-refractivity contribution < 1.29 is 13.2 Å². The van der Waals surface area contributed by atoms with Gasteiger partial charge >= 0.3 is 0 Å². The molecule has 130 valence electrons. The number of carbonyl (C=O) groups excluding carboxylic acids is 1. The number of sulfonamides is 1. The standard InChI is InChI=1S/C19H13ClN2O3S/c20-15-6-12-18(13-7-15)26(24,25)22-19(14-4-2-1-3-5-14)21-16-8-10-17(23)11-9-16/h1-13H. The van der Waals surface area contributed by atoms with E-state index in [4.69, 9.17) is 11.6 Å². The zero-order valence-corrected chi connectivity index (χ0v) is 15.0. The molecular weight excluding hydrogens is 372 g/mol. The molecule has 0 radical (unpaired) electrons. The maximum atomic E-state index is 12.6. The lowest BCUT2D eigenvalue weighted by atomic mass is 10.1. The molecule has 5 nitrogen and oxygen atoms in total. The third kappa shape index (κ3) is 4.41. The van der Waals surface area contributed by atoms with Crippen molar-refractivity contribution in [1.29, 1.82) is 0 Å². The monoisotopic (exact) mass is 384 g/mol. The molecule has 0 fully saturated rings. The minimum Gasteiger partial charge on any atom is -0.290 e. The second-order valence-electron chi connectivity index (χ2n) is 5.32. The lowest BCUT2D eigenvalue weighted by Crippen LogP contribution is -2.08. The maximum Gasteiger partial charge on any atom is 0.284 e. The van der Waals surface area contributed by atoms with Crippen LogP contribution in [-0.4, -0.2) is 25.7 Å². The quantitative estimate of drug-likeness (QED) is 0.460. The SMILES string of the molecule is O=C1C=CC(=NC(=NS(=O)(=O)c2ccc(Cl)cc2)c2ccccc2)C=C1. The van der Waals surface area contributed by atoms with Gasteiger partial charge in [-0.15, -0.1) is 4.40 Å². The summed E-state index contributed by atoms with van der Waals surface area (Å²) in [4.78, 5) is 15.6. The Labute approximate surface area is 156 Å². The van der Waals surface area contributed by atoms with Crippen molar-refractivity contribution in [2.24, 2.45) is 9.39 Å². The van der Waals surface area contributed by atoms with Crippen LogP contribution in [0.4, 0.5) is 0 Å². The highest BCUT2D eigenvalue weighted by atomic mass is 35.5. The molecule has 1 aliphatic rings. The van der Waals surface area contributed by atoms with E-state index in [1.54, 1.807) is 30.3 Å². The van der Waals surface area contributed by atoms with Crippen LogP contribution in [0.25, 0.3) is 0 Å². The van der Waals surface area contributed by atoms with Gasteiger partial charge in [0, 0.05) is 10.6 Å². The molecular formula is C19H13ClN2O3S. The molecule has 0 aliphatic heterocycles. The van der Waals surface area contributed by atoms with Gasteiger partial charge in [-0.1, -0.05) is 41.9 Å². The Morgan fingerprint density at radius 1 is 0.846 bits per heavy atom. The van der Waals surface area contributed by atoms with E-state index in [1.165, 1.54) is 48.6 Å². The minimum atomic E-state index is -3.98. The average molecular weight is 385 g/mol. The fraction of sp³-hybridized carbons (Fsp3) is 0. The molecule has 0 spiro atoms. The van der Waals surface area contributed by atoms with Crippen molar-refractivity contribution >= 4 is 39.0 Å². The molecule has 2 aromatic carbocycles. The predicted molar refractivity (Wildman–Crippen MR) is 102 cm³/mol. The van der Waals surface area contributed by atoms with Crippen LogP contribution in [0.15, 0.2) is 93.2 Å². The van der Waals surface area contributed by atoms with E-state index < -0.39 is 10.0 Å². The molecule has 0 amide bonds. The molecule has 3 rings (SSSR count). The Hall–Kier alpha value is -2.83. The zero-order valence-electron chi connectivity index (χ0n) is 13.4. The summed E-state index contributed by atoms with van der Waals surface area (Å²) in [5.74, 6) is -0.130. The second-order valence-corrected chi connectivity index (χ2v) is 7.36. The fourth-order valence-electron chi connectivity index (χ4n) is 2.14. The Balaban J connectivity index is 2.09. The summed E-state index contributed by atoms with van der Waals surface area (Å²) < 4.78 is 29.2. The number of hydrogen-bond acceptors (Lipinski definition) is 3. The number of hydrogen-bond donors (Lipinski definition) is 0. The van der Waals surface area contributed by atoms with E-state index in [1.807, 2.05) is 0 Å². The van der Waals surface area contributed by atoms with Gasteiger partial charge in [-0.25, -0.2) is 4.99 Å². The molecule has 0 saturated heterocycles. The molecule has 0 bridgehead atoms. The highest BCUT2D eigenvalue weighted by Gasteiger charge is 2.16. The summed E-state index contributed by atoms with van der Waals surface area (Å²) in [6.45, 7) is 0. The van der Waals surface area contributed by atoms with Gasteiger partial charge in [0.1, 0.15) is 0 Å². The summed E-state index contributed by atoms with van der Waals surface area (Å²) in [6, 6.07) is 14.5. The lowest BCUT2D eigenvalue weighted by Gasteiger charge is -2.05. The Bertz CT molecular complexity index is 1030. The average Bonchev–Trinajstić information content (AvgIpc) is 2.64. The number of rotatable bonds is 3. The first-order valence-corrected chi connectivity index (χ1v) is 9.41. The van der Waals surface area contributed by atoms with Gasteiger partial charge in [0.2, 0.25) is 0 Å². The van der Waals surface area contributed by atoms with Gasteiger partial charge in [-0.3, -0.25) is 4.79 Å². The van der Waals surface area contributed by atoms with Crippen LogP contribution in [0, 0.1) is 0 Å². The van der Waals surface area contributed by atoms with Crippen LogP contribution in [0.3, 0.4) is 0 Å². The summed E-state index contributed by atoms with van der Waals surface area (Å²) in [5, 5.41) is 0.429. The van der Waals surface area contributed by atoms with Crippen molar-refractivity contribution in [1.82, 2.24) is 0 Å². The smallest absolute Gasteiger partial charge is 0.284 e. The van der Waals surface area contributed by atoms with Crippen LogP contribution in [0.5, 0.6) is 0 Å². The van der Waals surface area contributed by atoms with E-state index >= 15 is 0 Å². The molecule has 0 N–H and O–H groups in total. The number of nitrogens with zero attached hydrogens (tertiary/aromatic N) is 2. The van der Waals surface area contributed by atoms with Gasteiger partial charge in [-0.05, 0) is 48.6 Å². The molecule has 26 heavy (non-hydrogen) atoms. The zero-order chi connectivity index (χ0) is 18.6. The van der Waals surface area contributed by atoms with Gasteiger partial charge in [0.25, 0.3) is 10.0 Å². The van der Waals surface area contributed by atoms with Crippen LogP contribution >= 0.6 is 11.6 Å². The van der Waals surface area contributed by atoms with Crippen LogP contribution in [0.2, 0.25) is 5.02 Å². The van der Waals surface area contributed by atoms with E-state index in [2.05, 4.69) is 9.39 Å². The maximum absolute atomic E-state index is 12.6. The van der Waals surface area contributed by atoms with Crippen molar-refractivity contribution in [3.8, 4) is 0 Å². The summed E-state index contributed by atoms with van der Waals surface area (Å²) in [7, 11) is -3.98. The molecule has 2 aromatic rings. The number of halogens is 1. The van der Waals surface area contributed by atoms with E-state index in [9.17, 15) is 13.2 Å². The van der Waals surface area contributed by atoms with E-state index in [0.29, 0.717) is 16.3 Å². The number of carbonyl (C=O) groups is 1. The first kappa shape index (κ1) is 18.0. The number of amidine groups is 1. The van der Waals surface area contributed by atoms with E-state index in [-0.39, 0.29) is 16.5 Å². The minimum absolute atomic E-state index is 0.0143. The van der Waals surface area contributed by atoms with Crippen molar-refractivity contribution in [3.63, 3.8) is 0 Å². The van der Waals surface area contributed by atoms with Crippen LogP contribution < -0.4 is 0 Å². The summed E-state index contributed by atoms with van der Waals surface area (Å²) in [5.41, 5.74) is 0.967. The normalized spacial score (nSPS) is 14.6. The van der Waals surface area contributed by atoms with Gasteiger partial charge in [0.05, 0.1) is 10.6 Å². The molecule has 0 saturated carbocycles. The Kier molecular flexibility index (Phi) is 5.25. The molecule has 0 unspecified atom stereocenters. The predicted octanol–water partition coefficient (Wildman–Crippen LogP) is 3.61. The van der Waals surface area contributed by atoms with Crippen molar-refractivity contribution in [2.45, 2.75) is 4.90 Å². The number of aliphatic imine (C=N–C) groups is 1. The molecule has 7 heteroatoms. The molecule has 0 atom stereocenters. The largest absolute Gasteiger partial charge is 0.290 e. The highest BCUT2D eigenvalue weighted by Crippen LogP contribution is 2.18. The Morgan fingerprint density at radius 3 is 2.08 bits per heavy atom. The topological polar surface area (TPSA) is 75.9 Å². The third-order valence-electron chi connectivity index (χ3n) is 3.42. The highest BCUT2D eigenvalue weighted by molar-refractivity contribution is 7.90. The summed E-state index contributed by atoms with van der Waals surface area (Å²) >= 11 is 5.81. The first-order chi connectivity index (χ1) is 12.4. The second kappa shape index (κ2) is 7.59. The molecule has 1 aliphatic carbocycles. The molecule has 0 heterocycles. The number of benzene rings is 2. The first-order valence-electron chi connectivity index (χ1n) is 7.59. The van der Waals surface area contributed by atoms with Gasteiger partial charge < -0.3 is 0 Å². The molecule has 0 aromatic heterocycles. The third-order valence-corrected chi connectivity index (χ3v) is 4.96. The van der Waals surface area contributed by atoms with Crippen molar-refractivity contribution in [2.75, 3.05) is 0 Å². The summed E-state index contributed by atoms with van der Waals surface area (Å²) in [6.07, 6.45) is 5.73. The van der Waals surface area contributed by atoms with Crippen LogP contribution in [-0.2, 0) is 14.8 Å². The number of allylic oxidation sites excluding steroid dienone is 4. The number of ketones is 1. The van der Waals surface area contributed by atoms with Crippen LogP contribution in [0.1, 0.15) is 5.56 Å². The fourth-order valence-corrected chi connectivity index (χ4v) is 3.23. The van der Waals surface area contributed by atoms with Gasteiger partial charge in [0.15, 0.2) is 11.6 Å². The Morgan fingerprint density at radius 2 is 1.46 bits per heavy atom. The van der Waals surface area contributed by atoms with E-state index in [0.717, 1.165) is 0 Å².